The fraction of sp³-hybridized carbons (Fsp3) is 0.533. The first-order valence-electron chi connectivity index (χ1n) is 6.89. The van der Waals surface area contributed by atoms with Gasteiger partial charge >= 0.3 is 0 Å². The second kappa shape index (κ2) is 6.17. The number of nitrogens with zero attached hydrogens (tertiary/aromatic N) is 1. The van der Waals surface area contributed by atoms with Crippen molar-refractivity contribution >= 4 is 11.6 Å². The standard InChI is InChI=1S/C15H23N3O/c1-11-3-4-12(2)14(9-11)17-15(19)10-18-7-5-13(16)6-8-18/h3-4,9,13H,5-8,10,16H2,1-2H3,(H,17,19). The summed E-state index contributed by atoms with van der Waals surface area (Å²) in [7, 11) is 0. The zero-order valence-electron chi connectivity index (χ0n) is 11.8. The minimum atomic E-state index is 0.0594. The maximum Gasteiger partial charge on any atom is 0.238 e. The van der Waals surface area contributed by atoms with E-state index in [-0.39, 0.29) is 5.91 Å². The van der Waals surface area contributed by atoms with Crippen LogP contribution in [0.1, 0.15) is 24.0 Å². The number of amides is 1. The van der Waals surface area contributed by atoms with Crippen molar-refractivity contribution in [3.63, 3.8) is 0 Å². The predicted octanol–water partition coefficient (Wildman–Crippen LogP) is 1.67. The Bertz CT molecular complexity index is 451. The number of nitrogens with two attached hydrogens (primary N) is 1. The van der Waals surface area contributed by atoms with Gasteiger partial charge in [-0.3, -0.25) is 9.69 Å². The summed E-state index contributed by atoms with van der Waals surface area (Å²) in [5, 5.41) is 3.00. The van der Waals surface area contributed by atoms with Gasteiger partial charge in [0.15, 0.2) is 0 Å². The van der Waals surface area contributed by atoms with Gasteiger partial charge in [-0.25, -0.2) is 0 Å². The highest BCUT2D eigenvalue weighted by molar-refractivity contribution is 5.93. The molecule has 2 rings (SSSR count). The van der Waals surface area contributed by atoms with E-state index in [1.807, 2.05) is 26.0 Å². The average molecular weight is 261 g/mol. The molecular weight excluding hydrogens is 238 g/mol. The highest BCUT2D eigenvalue weighted by Crippen LogP contribution is 2.16. The molecule has 4 nitrogen and oxygen atoms in total. The molecular formula is C15H23N3O. The Labute approximate surface area is 115 Å². The van der Waals surface area contributed by atoms with Crippen LogP contribution in [0.25, 0.3) is 0 Å². The van der Waals surface area contributed by atoms with Crippen molar-refractivity contribution in [2.75, 3.05) is 25.0 Å². The summed E-state index contributed by atoms with van der Waals surface area (Å²) in [5.41, 5.74) is 9.03. The van der Waals surface area contributed by atoms with Crippen LogP contribution >= 0.6 is 0 Å². The van der Waals surface area contributed by atoms with Gasteiger partial charge in [0.05, 0.1) is 6.54 Å². The third-order valence-electron chi connectivity index (χ3n) is 3.67. The van der Waals surface area contributed by atoms with Crippen LogP contribution in [0.15, 0.2) is 18.2 Å². The highest BCUT2D eigenvalue weighted by atomic mass is 16.2. The fourth-order valence-corrected chi connectivity index (χ4v) is 2.37. The maximum atomic E-state index is 12.0. The molecule has 0 aliphatic carbocycles. The Morgan fingerprint density at radius 3 is 2.74 bits per heavy atom. The third-order valence-corrected chi connectivity index (χ3v) is 3.67. The van der Waals surface area contributed by atoms with Gasteiger partial charge in [-0.15, -0.1) is 0 Å². The van der Waals surface area contributed by atoms with E-state index < -0.39 is 0 Å². The second-order valence-corrected chi connectivity index (χ2v) is 5.48. The smallest absolute Gasteiger partial charge is 0.238 e. The van der Waals surface area contributed by atoms with Crippen LogP contribution in [0.5, 0.6) is 0 Å². The summed E-state index contributed by atoms with van der Waals surface area (Å²) >= 11 is 0. The second-order valence-electron chi connectivity index (χ2n) is 5.48. The summed E-state index contributed by atoms with van der Waals surface area (Å²) in [6, 6.07) is 6.40. The van der Waals surface area contributed by atoms with Crippen molar-refractivity contribution in [3.8, 4) is 0 Å². The minimum Gasteiger partial charge on any atom is -0.328 e. The lowest BCUT2D eigenvalue weighted by Gasteiger charge is -2.29. The summed E-state index contributed by atoms with van der Waals surface area (Å²) in [6.45, 7) is 6.33. The zero-order valence-corrected chi connectivity index (χ0v) is 11.8. The van der Waals surface area contributed by atoms with Gasteiger partial charge in [-0.05, 0) is 43.9 Å². The first-order valence-corrected chi connectivity index (χ1v) is 6.89. The van der Waals surface area contributed by atoms with E-state index in [1.165, 1.54) is 0 Å². The van der Waals surface area contributed by atoms with Gasteiger partial charge in [0.25, 0.3) is 0 Å². The lowest BCUT2D eigenvalue weighted by atomic mass is 10.1. The van der Waals surface area contributed by atoms with Crippen LogP contribution in [-0.2, 0) is 4.79 Å². The summed E-state index contributed by atoms with van der Waals surface area (Å²) in [6.07, 6.45) is 1.97. The van der Waals surface area contributed by atoms with Crippen LogP contribution in [0.2, 0.25) is 0 Å². The molecule has 19 heavy (non-hydrogen) atoms. The average Bonchev–Trinajstić information content (AvgIpc) is 2.37. The molecule has 0 bridgehead atoms. The van der Waals surface area contributed by atoms with Crippen LogP contribution in [0.3, 0.4) is 0 Å². The number of benzene rings is 1. The SMILES string of the molecule is Cc1ccc(C)c(NC(=O)CN2CCC(N)CC2)c1. The number of hydrogen-bond donors (Lipinski definition) is 2. The maximum absolute atomic E-state index is 12.0. The van der Waals surface area contributed by atoms with Crippen LogP contribution in [0, 0.1) is 13.8 Å². The van der Waals surface area contributed by atoms with E-state index in [0.29, 0.717) is 12.6 Å². The fourth-order valence-electron chi connectivity index (χ4n) is 2.37. The van der Waals surface area contributed by atoms with Crippen molar-refractivity contribution in [1.82, 2.24) is 4.90 Å². The van der Waals surface area contributed by atoms with E-state index in [9.17, 15) is 4.79 Å². The molecule has 4 heteroatoms. The molecule has 1 heterocycles. The number of aryl methyl sites for hydroxylation is 2. The molecule has 1 aliphatic rings. The van der Waals surface area contributed by atoms with E-state index in [1.54, 1.807) is 0 Å². The number of likely N-dealkylation sites (tertiary alicyclic amines) is 1. The van der Waals surface area contributed by atoms with Crippen molar-refractivity contribution in [1.29, 1.82) is 0 Å². The molecule has 0 unspecified atom stereocenters. The first kappa shape index (κ1) is 14.0. The zero-order chi connectivity index (χ0) is 13.8. The Morgan fingerprint density at radius 2 is 2.05 bits per heavy atom. The Hall–Kier alpha value is -1.39. The van der Waals surface area contributed by atoms with Gasteiger partial charge in [0, 0.05) is 24.8 Å². The Morgan fingerprint density at radius 1 is 1.37 bits per heavy atom. The largest absolute Gasteiger partial charge is 0.328 e. The van der Waals surface area contributed by atoms with Gasteiger partial charge < -0.3 is 11.1 Å². The number of carbonyl (C=O) groups excluding carboxylic acids is 1. The number of piperidine rings is 1. The molecule has 104 valence electrons. The molecule has 0 aromatic heterocycles. The number of nitrogens with one attached hydrogen (secondary N) is 1. The minimum absolute atomic E-state index is 0.0594. The number of anilines is 1. The number of rotatable bonds is 3. The quantitative estimate of drug-likeness (QED) is 0.870. The topological polar surface area (TPSA) is 58.4 Å². The van der Waals surface area contributed by atoms with E-state index in [0.717, 1.165) is 42.7 Å². The molecule has 0 atom stereocenters. The van der Waals surface area contributed by atoms with E-state index in [4.69, 9.17) is 5.73 Å². The predicted molar refractivity (Wildman–Crippen MR) is 78.2 cm³/mol. The Balaban J connectivity index is 1.89. The monoisotopic (exact) mass is 261 g/mol. The van der Waals surface area contributed by atoms with Crippen LogP contribution in [-0.4, -0.2) is 36.5 Å². The molecule has 1 aliphatic heterocycles. The molecule has 0 radical (unpaired) electrons. The summed E-state index contributed by atoms with van der Waals surface area (Å²) < 4.78 is 0. The molecule has 1 amide bonds. The van der Waals surface area contributed by atoms with Crippen molar-refractivity contribution in [2.45, 2.75) is 32.7 Å². The molecule has 0 spiro atoms. The molecule has 0 saturated carbocycles. The van der Waals surface area contributed by atoms with Gasteiger partial charge in [-0.1, -0.05) is 12.1 Å². The Kier molecular flexibility index (Phi) is 4.56. The number of carbonyl (C=O) groups is 1. The molecule has 3 N–H and O–H groups in total. The van der Waals surface area contributed by atoms with E-state index >= 15 is 0 Å². The first-order chi connectivity index (χ1) is 9.04. The summed E-state index contributed by atoms with van der Waals surface area (Å²) in [5.74, 6) is 0.0594. The van der Waals surface area contributed by atoms with Gasteiger partial charge in [-0.2, -0.15) is 0 Å². The van der Waals surface area contributed by atoms with Crippen molar-refractivity contribution < 1.29 is 4.79 Å². The third kappa shape index (κ3) is 4.04. The van der Waals surface area contributed by atoms with Crippen LogP contribution in [0.4, 0.5) is 5.69 Å². The highest BCUT2D eigenvalue weighted by Gasteiger charge is 2.18. The van der Waals surface area contributed by atoms with Crippen molar-refractivity contribution in [3.05, 3.63) is 29.3 Å². The molecule has 1 saturated heterocycles. The van der Waals surface area contributed by atoms with Gasteiger partial charge in [0.1, 0.15) is 0 Å². The lowest BCUT2D eigenvalue weighted by Crippen LogP contribution is -2.43. The van der Waals surface area contributed by atoms with E-state index in [2.05, 4.69) is 16.3 Å². The van der Waals surface area contributed by atoms with Gasteiger partial charge in [0.2, 0.25) is 5.91 Å². The normalized spacial score (nSPS) is 17.4. The summed E-state index contributed by atoms with van der Waals surface area (Å²) in [4.78, 5) is 14.2. The lowest BCUT2D eigenvalue weighted by molar-refractivity contribution is -0.117. The molecule has 1 aromatic rings. The number of hydrogen-bond acceptors (Lipinski definition) is 3. The molecule has 1 aromatic carbocycles. The molecule has 1 fully saturated rings. The van der Waals surface area contributed by atoms with Crippen molar-refractivity contribution in [2.24, 2.45) is 5.73 Å². The van der Waals surface area contributed by atoms with Crippen LogP contribution < -0.4 is 11.1 Å².